The van der Waals surface area contributed by atoms with Gasteiger partial charge in [0.1, 0.15) is 5.75 Å². The molecule has 9 nitrogen and oxygen atoms in total. The van der Waals surface area contributed by atoms with Crippen molar-refractivity contribution in [1.29, 1.82) is 0 Å². The molecule has 5 rings (SSSR count). The van der Waals surface area contributed by atoms with Crippen LogP contribution in [0.1, 0.15) is 40.3 Å². The van der Waals surface area contributed by atoms with Crippen molar-refractivity contribution < 1.29 is 19.1 Å². The second-order valence-electron chi connectivity index (χ2n) is 9.16. The molecule has 0 radical (unpaired) electrons. The topological polar surface area (TPSA) is 97.7 Å². The lowest BCUT2D eigenvalue weighted by molar-refractivity contribution is -0.116. The van der Waals surface area contributed by atoms with Gasteiger partial charge in [-0.25, -0.2) is 4.79 Å². The third kappa shape index (κ3) is 5.52. The van der Waals surface area contributed by atoms with Crippen LogP contribution in [0.25, 0.3) is 5.69 Å². The van der Waals surface area contributed by atoms with Gasteiger partial charge in [0.15, 0.2) is 5.11 Å². The fourth-order valence-corrected chi connectivity index (χ4v) is 5.25. The highest BCUT2D eigenvalue weighted by Gasteiger charge is 2.41. The molecule has 1 aliphatic rings. The average Bonchev–Trinajstić information content (AvgIpc) is 3.60. The normalized spacial score (nSPS) is 16.4. The second kappa shape index (κ2) is 12.0. The van der Waals surface area contributed by atoms with Crippen LogP contribution in [0.3, 0.4) is 0 Å². The summed E-state index contributed by atoms with van der Waals surface area (Å²) in [5.74, 6) is 0.0242. The minimum atomic E-state index is -0.409. The van der Waals surface area contributed by atoms with Crippen LogP contribution < -0.4 is 15.4 Å². The molecular formula is C30H29N5O4S. The van der Waals surface area contributed by atoms with Crippen LogP contribution in [-0.4, -0.2) is 52.2 Å². The molecule has 0 bridgehead atoms. The van der Waals surface area contributed by atoms with Gasteiger partial charge in [0.2, 0.25) is 5.91 Å². The van der Waals surface area contributed by atoms with Crippen molar-refractivity contribution in [3.63, 3.8) is 0 Å². The standard InChI is InChI=1S/C30H29N5O4S/c1-38-25-14-4-3-11-22(25)32-26(36)15-18-35-28(27(33-30(35)40)23-12-5-6-16-31-23)24-13-8-17-34(24)21-10-7-9-20(19-21)29(37)39-2/h3-14,16-17,19,27-28H,15,18H2,1-2H3,(H,32,36)(H,33,40)/t27-,28-/m1/s1. The molecule has 0 spiro atoms. The first-order valence-corrected chi connectivity index (χ1v) is 13.2. The number of nitrogens with zero attached hydrogens (tertiary/aromatic N) is 3. The second-order valence-corrected chi connectivity index (χ2v) is 9.55. The van der Waals surface area contributed by atoms with E-state index >= 15 is 0 Å². The Kier molecular flexibility index (Phi) is 8.07. The van der Waals surface area contributed by atoms with Crippen LogP contribution in [-0.2, 0) is 9.53 Å². The van der Waals surface area contributed by atoms with Gasteiger partial charge in [-0.15, -0.1) is 0 Å². The number of amides is 1. The van der Waals surface area contributed by atoms with Crippen LogP contribution in [0.4, 0.5) is 5.69 Å². The number of pyridine rings is 1. The van der Waals surface area contributed by atoms with E-state index in [-0.39, 0.29) is 24.4 Å². The molecule has 1 amide bonds. The first-order chi connectivity index (χ1) is 19.5. The van der Waals surface area contributed by atoms with Gasteiger partial charge < -0.3 is 29.6 Å². The van der Waals surface area contributed by atoms with E-state index in [9.17, 15) is 9.59 Å². The first-order valence-electron chi connectivity index (χ1n) is 12.8. The van der Waals surface area contributed by atoms with Gasteiger partial charge in [0.25, 0.3) is 0 Å². The highest BCUT2D eigenvalue weighted by Crippen LogP contribution is 2.39. The summed E-state index contributed by atoms with van der Waals surface area (Å²) in [4.78, 5) is 31.8. The smallest absolute Gasteiger partial charge is 0.337 e. The number of rotatable bonds is 9. The lowest BCUT2D eigenvalue weighted by Gasteiger charge is -2.29. The van der Waals surface area contributed by atoms with E-state index in [1.165, 1.54) is 7.11 Å². The fraction of sp³-hybridized carbons (Fsp3) is 0.200. The molecule has 0 unspecified atom stereocenters. The summed E-state index contributed by atoms with van der Waals surface area (Å²) >= 11 is 5.79. The number of hydrogen-bond acceptors (Lipinski definition) is 6. The Bertz CT molecular complexity index is 1520. The Morgan fingerprint density at radius 2 is 1.85 bits per heavy atom. The van der Waals surface area contributed by atoms with Gasteiger partial charge in [-0.05, 0) is 66.8 Å². The Morgan fingerprint density at radius 3 is 2.62 bits per heavy atom. The zero-order valence-corrected chi connectivity index (χ0v) is 22.9. The van der Waals surface area contributed by atoms with Gasteiger partial charge in [-0.1, -0.05) is 24.3 Å². The van der Waals surface area contributed by atoms with Crippen molar-refractivity contribution in [3.05, 3.63) is 108 Å². The largest absolute Gasteiger partial charge is 0.495 e. The Morgan fingerprint density at radius 1 is 1.02 bits per heavy atom. The summed E-state index contributed by atoms with van der Waals surface area (Å²) in [7, 11) is 2.93. The van der Waals surface area contributed by atoms with Gasteiger partial charge in [0.05, 0.1) is 43.2 Å². The van der Waals surface area contributed by atoms with Crippen molar-refractivity contribution in [1.82, 2.24) is 19.8 Å². The van der Waals surface area contributed by atoms with E-state index in [1.54, 1.807) is 37.6 Å². The van der Waals surface area contributed by atoms with E-state index in [1.807, 2.05) is 70.3 Å². The van der Waals surface area contributed by atoms with Gasteiger partial charge in [-0.3, -0.25) is 9.78 Å². The number of methoxy groups -OCH3 is 2. The van der Waals surface area contributed by atoms with Crippen molar-refractivity contribution in [3.8, 4) is 11.4 Å². The summed E-state index contributed by atoms with van der Waals surface area (Å²) in [5.41, 5.74) is 3.61. The molecule has 2 aromatic carbocycles. The van der Waals surface area contributed by atoms with E-state index in [4.69, 9.17) is 21.7 Å². The minimum Gasteiger partial charge on any atom is -0.495 e. The van der Waals surface area contributed by atoms with E-state index in [0.29, 0.717) is 28.7 Å². The number of hydrogen-bond donors (Lipinski definition) is 2. The Labute approximate surface area is 237 Å². The highest BCUT2D eigenvalue weighted by atomic mass is 32.1. The molecule has 10 heteroatoms. The van der Waals surface area contributed by atoms with Crippen molar-refractivity contribution >= 4 is 34.9 Å². The highest BCUT2D eigenvalue weighted by molar-refractivity contribution is 7.80. The average molecular weight is 556 g/mol. The number of carbonyl (C=O) groups excluding carboxylic acids is 2. The fourth-order valence-electron chi connectivity index (χ4n) is 4.92. The number of benzene rings is 2. The molecular weight excluding hydrogens is 526 g/mol. The molecule has 204 valence electrons. The third-order valence-corrected chi connectivity index (χ3v) is 7.14. The molecule has 0 aliphatic carbocycles. The number of carbonyl (C=O) groups is 2. The van der Waals surface area contributed by atoms with Crippen LogP contribution in [0.5, 0.6) is 5.75 Å². The van der Waals surface area contributed by atoms with Crippen LogP contribution in [0, 0.1) is 0 Å². The van der Waals surface area contributed by atoms with Gasteiger partial charge >= 0.3 is 5.97 Å². The predicted octanol–water partition coefficient (Wildman–Crippen LogP) is 4.67. The maximum absolute atomic E-state index is 13.0. The number of thiocarbonyl (C=S) groups is 1. The molecule has 4 aromatic rings. The van der Waals surface area contributed by atoms with E-state index < -0.39 is 5.97 Å². The van der Waals surface area contributed by atoms with Gasteiger partial charge in [0, 0.05) is 36.7 Å². The molecule has 0 saturated carbocycles. The maximum atomic E-state index is 13.0. The van der Waals surface area contributed by atoms with E-state index in [2.05, 4.69) is 15.6 Å². The number of esters is 1. The summed E-state index contributed by atoms with van der Waals surface area (Å²) < 4.78 is 12.3. The lowest BCUT2D eigenvalue weighted by atomic mass is 10.0. The summed E-state index contributed by atoms with van der Waals surface area (Å²) in [6, 6.07) is 23.7. The zero-order valence-electron chi connectivity index (χ0n) is 22.1. The molecule has 3 heterocycles. The summed E-state index contributed by atoms with van der Waals surface area (Å²) in [5, 5.41) is 6.89. The Hall–Kier alpha value is -4.70. The molecule has 1 aliphatic heterocycles. The molecule has 2 atom stereocenters. The zero-order chi connectivity index (χ0) is 28.1. The summed E-state index contributed by atoms with van der Waals surface area (Å²) in [6.07, 6.45) is 3.89. The lowest BCUT2D eigenvalue weighted by Crippen LogP contribution is -2.33. The molecule has 40 heavy (non-hydrogen) atoms. The number of para-hydroxylation sites is 2. The molecule has 1 saturated heterocycles. The monoisotopic (exact) mass is 555 g/mol. The Balaban J connectivity index is 1.46. The molecule has 2 N–H and O–H groups in total. The number of nitrogens with one attached hydrogen (secondary N) is 2. The van der Waals surface area contributed by atoms with Crippen LogP contribution in [0.2, 0.25) is 0 Å². The quantitative estimate of drug-likeness (QED) is 0.227. The van der Waals surface area contributed by atoms with Crippen molar-refractivity contribution in [2.24, 2.45) is 0 Å². The number of anilines is 1. The maximum Gasteiger partial charge on any atom is 0.337 e. The van der Waals surface area contributed by atoms with Crippen molar-refractivity contribution in [2.45, 2.75) is 18.5 Å². The van der Waals surface area contributed by atoms with Crippen LogP contribution in [0.15, 0.2) is 91.3 Å². The predicted molar refractivity (Wildman–Crippen MR) is 156 cm³/mol. The van der Waals surface area contributed by atoms with Crippen LogP contribution >= 0.6 is 12.2 Å². The van der Waals surface area contributed by atoms with E-state index in [0.717, 1.165) is 17.1 Å². The first kappa shape index (κ1) is 26.9. The number of ether oxygens (including phenoxy) is 2. The minimum absolute atomic E-state index is 0.159. The van der Waals surface area contributed by atoms with Gasteiger partial charge in [-0.2, -0.15) is 0 Å². The summed E-state index contributed by atoms with van der Waals surface area (Å²) in [6.45, 7) is 0.369. The number of aromatic nitrogens is 2. The molecule has 2 aromatic heterocycles. The SMILES string of the molecule is COC(=O)c1cccc(-n2cccc2[C@@H]2[C@@H](c3ccccn3)NC(=S)N2CCC(=O)Nc2ccccc2OC)c1. The van der Waals surface area contributed by atoms with Crippen molar-refractivity contribution in [2.75, 3.05) is 26.1 Å². The molecule has 1 fully saturated rings. The third-order valence-electron chi connectivity index (χ3n) is 6.79.